The molecule has 1 N–H and O–H groups in total. The second kappa shape index (κ2) is 9.83. The second-order valence-corrected chi connectivity index (χ2v) is 12.2. The molecule has 0 spiro atoms. The van der Waals surface area contributed by atoms with Crippen molar-refractivity contribution >= 4 is 54.8 Å². The maximum absolute atomic E-state index is 13.6. The highest BCUT2D eigenvalue weighted by molar-refractivity contribution is 9.10. The molecule has 2 aliphatic carbocycles. The van der Waals surface area contributed by atoms with Crippen LogP contribution in [0.25, 0.3) is 0 Å². The van der Waals surface area contributed by atoms with Crippen molar-refractivity contribution in [3.05, 3.63) is 62.1 Å². The van der Waals surface area contributed by atoms with E-state index in [0.29, 0.717) is 11.8 Å². The number of nitro groups is 1. The Morgan fingerprint density at radius 2 is 1.94 bits per heavy atom. The van der Waals surface area contributed by atoms with Crippen LogP contribution >= 0.6 is 27.5 Å². The van der Waals surface area contributed by atoms with Crippen molar-refractivity contribution in [2.24, 2.45) is 17.8 Å². The van der Waals surface area contributed by atoms with Crippen LogP contribution in [-0.4, -0.2) is 31.8 Å². The van der Waals surface area contributed by atoms with Crippen molar-refractivity contribution in [3.63, 3.8) is 0 Å². The highest BCUT2D eigenvalue weighted by Crippen LogP contribution is 2.49. The lowest BCUT2D eigenvalue weighted by Crippen LogP contribution is -2.46. The lowest BCUT2D eigenvalue weighted by atomic mass is 9.84. The zero-order valence-corrected chi connectivity index (χ0v) is 21.6. The van der Waals surface area contributed by atoms with E-state index < -0.39 is 33.1 Å². The lowest BCUT2D eigenvalue weighted by Gasteiger charge is -2.30. The van der Waals surface area contributed by atoms with Gasteiger partial charge in [0.2, 0.25) is 5.91 Å². The molecule has 0 radical (unpaired) electrons. The van der Waals surface area contributed by atoms with Gasteiger partial charge in [-0.25, -0.2) is 8.42 Å². The van der Waals surface area contributed by atoms with Crippen molar-refractivity contribution in [1.82, 2.24) is 5.32 Å². The molecule has 0 heterocycles. The first-order valence-electron chi connectivity index (χ1n) is 11.1. The highest BCUT2D eigenvalue weighted by atomic mass is 79.9. The molecule has 0 aliphatic heterocycles. The van der Waals surface area contributed by atoms with E-state index >= 15 is 0 Å². The van der Waals surface area contributed by atoms with Crippen LogP contribution in [0.4, 0.5) is 11.4 Å². The predicted octanol–water partition coefficient (Wildman–Crippen LogP) is 5.15. The van der Waals surface area contributed by atoms with Gasteiger partial charge in [-0.3, -0.25) is 19.2 Å². The number of halogens is 2. The number of carbonyl (C=O) groups excluding carboxylic acids is 1. The van der Waals surface area contributed by atoms with E-state index in [-0.39, 0.29) is 21.6 Å². The number of benzene rings is 2. The van der Waals surface area contributed by atoms with Crippen molar-refractivity contribution in [2.75, 3.05) is 10.8 Å². The molecule has 2 fully saturated rings. The molecule has 11 heteroatoms. The van der Waals surface area contributed by atoms with Crippen molar-refractivity contribution in [1.29, 1.82) is 0 Å². The maximum atomic E-state index is 13.6. The average Bonchev–Trinajstić information content (AvgIpc) is 3.42. The van der Waals surface area contributed by atoms with E-state index in [2.05, 4.69) is 21.2 Å². The molecule has 34 heavy (non-hydrogen) atoms. The Hall–Kier alpha value is -2.17. The van der Waals surface area contributed by atoms with Gasteiger partial charge in [-0.2, -0.15) is 0 Å². The Bertz CT molecular complexity index is 1210. The minimum Gasteiger partial charge on any atom is -0.352 e. The summed E-state index contributed by atoms with van der Waals surface area (Å²) in [6.07, 6.45) is 4.74. The van der Waals surface area contributed by atoms with E-state index in [1.165, 1.54) is 31.4 Å². The minimum atomic E-state index is -4.30. The van der Waals surface area contributed by atoms with Crippen molar-refractivity contribution in [3.8, 4) is 0 Å². The van der Waals surface area contributed by atoms with Crippen LogP contribution in [0, 0.1) is 27.9 Å². The number of hydrogen-bond acceptors (Lipinski definition) is 5. The van der Waals surface area contributed by atoms with Crippen molar-refractivity contribution in [2.45, 2.75) is 43.5 Å². The molecule has 2 aromatic rings. The molecule has 4 atom stereocenters. The molecule has 8 nitrogen and oxygen atoms in total. The number of anilines is 1. The SMILES string of the molecule is CC(NC(=O)CN(c1ccc(Br)cc1)S(=O)(=O)c1ccc(Cl)c([N+](=O)[O-])c1)C1CC2CCC1C2. The second-order valence-electron chi connectivity index (χ2n) is 9.05. The molecule has 0 saturated heterocycles. The van der Waals surface area contributed by atoms with Gasteiger partial charge >= 0.3 is 0 Å². The Kier molecular flexibility index (Phi) is 7.21. The number of amides is 1. The largest absolute Gasteiger partial charge is 0.352 e. The molecule has 4 rings (SSSR count). The fourth-order valence-corrected chi connectivity index (χ4v) is 7.18. The van der Waals surface area contributed by atoms with Crippen LogP contribution in [0.1, 0.15) is 32.6 Å². The molecular weight excluding hydrogens is 546 g/mol. The molecule has 2 bridgehead atoms. The van der Waals surface area contributed by atoms with Crippen molar-refractivity contribution < 1.29 is 18.1 Å². The number of nitrogens with zero attached hydrogens (tertiary/aromatic N) is 2. The third kappa shape index (κ3) is 5.08. The quantitative estimate of drug-likeness (QED) is 0.349. The van der Waals surface area contributed by atoms with Crippen LogP contribution in [-0.2, 0) is 14.8 Å². The van der Waals surface area contributed by atoms with Crippen LogP contribution in [0.2, 0.25) is 5.02 Å². The first kappa shape index (κ1) is 24.9. The van der Waals surface area contributed by atoms with E-state index in [1.54, 1.807) is 24.3 Å². The molecule has 1 amide bonds. The topological polar surface area (TPSA) is 110 Å². The molecule has 2 saturated carbocycles. The third-order valence-electron chi connectivity index (χ3n) is 6.93. The number of nitrogens with one attached hydrogen (secondary N) is 1. The summed E-state index contributed by atoms with van der Waals surface area (Å²) in [5, 5.41) is 14.1. The average molecular weight is 571 g/mol. The number of hydrogen-bond donors (Lipinski definition) is 1. The summed E-state index contributed by atoms with van der Waals surface area (Å²) in [5.41, 5.74) is -0.253. The van der Waals surface area contributed by atoms with Crippen LogP contribution in [0.15, 0.2) is 51.8 Å². The number of carbonyl (C=O) groups is 1. The monoisotopic (exact) mass is 569 g/mol. The van der Waals surface area contributed by atoms with Gasteiger partial charge in [-0.15, -0.1) is 0 Å². The number of sulfonamides is 1. The van der Waals surface area contributed by atoms with E-state index in [0.717, 1.165) is 27.2 Å². The van der Waals surface area contributed by atoms with Crippen LogP contribution in [0.3, 0.4) is 0 Å². The Morgan fingerprint density at radius 1 is 1.24 bits per heavy atom. The van der Waals surface area contributed by atoms with E-state index in [1.807, 2.05) is 6.92 Å². The van der Waals surface area contributed by atoms with Gasteiger partial charge in [0.25, 0.3) is 15.7 Å². The summed E-state index contributed by atoms with van der Waals surface area (Å²) < 4.78 is 28.8. The Balaban J connectivity index is 1.60. The zero-order chi connectivity index (χ0) is 24.6. The van der Waals surface area contributed by atoms with Gasteiger partial charge in [-0.1, -0.05) is 34.0 Å². The summed E-state index contributed by atoms with van der Waals surface area (Å²) in [6.45, 7) is 1.52. The number of nitro benzene ring substituents is 1. The molecule has 2 aliphatic rings. The first-order valence-corrected chi connectivity index (χ1v) is 13.7. The molecule has 0 aromatic heterocycles. The molecule has 4 unspecified atom stereocenters. The zero-order valence-electron chi connectivity index (χ0n) is 18.5. The van der Waals surface area contributed by atoms with Gasteiger partial charge in [0.15, 0.2) is 0 Å². The van der Waals surface area contributed by atoms with E-state index in [9.17, 15) is 23.3 Å². The lowest BCUT2D eigenvalue weighted by molar-refractivity contribution is -0.384. The highest BCUT2D eigenvalue weighted by Gasteiger charge is 2.42. The normalized spacial score (nSPS) is 22.4. The maximum Gasteiger partial charge on any atom is 0.289 e. The summed E-state index contributed by atoms with van der Waals surface area (Å²) in [7, 11) is -4.30. The third-order valence-corrected chi connectivity index (χ3v) is 9.55. The minimum absolute atomic E-state index is 0.0612. The number of rotatable bonds is 8. The molecular formula is C23H25BrClN3O5S. The predicted molar refractivity (Wildman–Crippen MR) is 133 cm³/mol. The van der Waals surface area contributed by atoms with E-state index in [4.69, 9.17) is 11.6 Å². The summed E-state index contributed by atoms with van der Waals surface area (Å²) in [5.74, 6) is 1.32. The summed E-state index contributed by atoms with van der Waals surface area (Å²) in [6, 6.07) is 9.69. The number of fused-ring (bicyclic) bond motifs is 2. The van der Waals surface area contributed by atoms with Crippen LogP contribution in [0.5, 0.6) is 0 Å². The Labute approximate surface area is 212 Å². The smallest absolute Gasteiger partial charge is 0.289 e. The first-order chi connectivity index (χ1) is 16.1. The van der Waals surface area contributed by atoms with Gasteiger partial charge in [0.1, 0.15) is 11.6 Å². The van der Waals surface area contributed by atoms with Crippen LogP contribution < -0.4 is 9.62 Å². The Morgan fingerprint density at radius 3 is 2.53 bits per heavy atom. The van der Waals surface area contributed by atoms with Gasteiger partial charge in [0, 0.05) is 16.6 Å². The molecule has 182 valence electrons. The van der Waals surface area contributed by atoms with Gasteiger partial charge in [0.05, 0.1) is 15.5 Å². The summed E-state index contributed by atoms with van der Waals surface area (Å²) >= 11 is 9.19. The molecule has 2 aromatic carbocycles. The van der Waals surface area contributed by atoms with Gasteiger partial charge < -0.3 is 5.32 Å². The fourth-order valence-electron chi connectivity index (χ4n) is 5.29. The fraction of sp³-hybridized carbons (Fsp3) is 0.435. The standard InChI is InChI=1S/C23H25BrClN3O5S/c1-14(20-11-15-2-3-16(20)10-15)26-23(29)13-27(18-6-4-17(24)5-7-18)34(32,33)19-8-9-21(25)22(12-19)28(30)31/h4-9,12,14-16,20H,2-3,10-11,13H2,1H3,(H,26,29). The summed E-state index contributed by atoms with van der Waals surface area (Å²) in [4.78, 5) is 23.3. The van der Waals surface area contributed by atoms with Gasteiger partial charge in [-0.05, 0) is 80.3 Å².